The normalized spacial score (nSPS) is 21.4. The number of nitrogens with one attached hydrogen (secondary N) is 1. The van der Waals surface area contributed by atoms with Crippen LogP contribution in [-0.4, -0.2) is 60.0 Å². The van der Waals surface area contributed by atoms with E-state index in [1.807, 2.05) is 30.3 Å². The van der Waals surface area contributed by atoms with Crippen molar-refractivity contribution < 1.29 is 22.7 Å². The summed E-state index contributed by atoms with van der Waals surface area (Å²) in [6.07, 6.45) is 2.57. The van der Waals surface area contributed by atoms with Crippen molar-refractivity contribution in [1.82, 2.24) is 14.5 Å². The number of hydrogen-bond acceptors (Lipinski definition) is 6. The first-order valence-corrected chi connectivity index (χ1v) is 11.4. The van der Waals surface area contributed by atoms with Crippen molar-refractivity contribution in [1.29, 1.82) is 0 Å². The maximum absolute atomic E-state index is 13.4. The van der Waals surface area contributed by atoms with Crippen molar-refractivity contribution in [2.75, 3.05) is 13.2 Å². The summed E-state index contributed by atoms with van der Waals surface area (Å²) in [5.74, 6) is -0.599. The number of rotatable bonds is 5. The molecule has 31 heavy (non-hydrogen) atoms. The number of nitrogens with zero attached hydrogens (tertiary/aromatic N) is 2. The van der Waals surface area contributed by atoms with Crippen LogP contribution in [0.3, 0.4) is 0 Å². The van der Waals surface area contributed by atoms with Crippen LogP contribution in [0.2, 0.25) is 0 Å². The fourth-order valence-corrected chi connectivity index (χ4v) is 5.52. The molecule has 160 valence electrons. The van der Waals surface area contributed by atoms with Crippen LogP contribution < -0.4 is 5.32 Å². The molecule has 0 aliphatic carbocycles. The highest BCUT2D eigenvalue weighted by Gasteiger charge is 2.49. The van der Waals surface area contributed by atoms with E-state index in [2.05, 4.69) is 5.32 Å². The number of sulfonamides is 1. The zero-order valence-electron chi connectivity index (χ0n) is 16.2. The summed E-state index contributed by atoms with van der Waals surface area (Å²) in [7, 11) is -4.05. The zero-order chi connectivity index (χ0) is 22.0. The van der Waals surface area contributed by atoms with Crippen molar-refractivity contribution in [3.63, 3.8) is 0 Å². The Balaban J connectivity index is 1.74. The topological polar surface area (TPSA) is 96.0 Å². The molecule has 0 radical (unpaired) electrons. The van der Waals surface area contributed by atoms with Gasteiger partial charge in [0, 0.05) is 0 Å². The average Bonchev–Trinajstić information content (AvgIpc) is 3.36. The number of thiocarbonyl (C=S) groups is 1. The molecular weight excluding hydrogens is 438 g/mol. The van der Waals surface area contributed by atoms with Crippen LogP contribution in [-0.2, 0) is 19.6 Å². The molecule has 2 heterocycles. The van der Waals surface area contributed by atoms with Gasteiger partial charge in [-0.15, -0.1) is 0 Å². The summed E-state index contributed by atoms with van der Waals surface area (Å²) in [5, 5.41) is 2.68. The van der Waals surface area contributed by atoms with Crippen molar-refractivity contribution in [2.45, 2.75) is 17.0 Å². The number of ether oxygens (including phenoxy) is 1. The quantitative estimate of drug-likeness (QED) is 0.686. The third kappa shape index (κ3) is 4.04. The van der Waals surface area contributed by atoms with E-state index < -0.39 is 34.1 Å². The largest absolute Gasteiger partial charge is 0.447 e. The second-order valence-electron chi connectivity index (χ2n) is 6.91. The van der Waals surface area contributed by atoms with Crippen LogP contribution in [0.5, 0.6) is 0 Å². The predicted octanol–water partition coefficient (Wildman–Crippen LogP) is 1.99. The van der Waals surface area contributed by atoms with Gasteiger partial charge in [0.15, 0.2) is 5.11 Å². The summed E-state index contributed by atoms with van der Waals surface area (Å²) < 4.78 is 32.6. The molecule has 2 atom stereocenters. The second kappa shape index (κ2) is 8.48. The number of hydrogen-bond donors (Lipinski definition) is 1. The van der Waals surface area contributed by atoms with E-state index in [9.17, 15) is 18.0 Å². The number of carbonyl (C=O) groups excluding carboxylic acids is 2. The van der Waals surface area contributed by atoms with Gasteiger partial charge < -0.3 is 10.1 Å². The molecule has 2 aromatic rings. The summed E-state index contributed by atoms with van der Waals surface area (Å²) in [4.78, 5) is 26.0. The highest BCUT2D eigenvalue weighted by Crippen LogP contribution is 2.27. The fourth-order valence-electron chi connectivity index (χ4n) is 3.46. The summed E-state index contributed by atoms with van der Waals surface area (Å²) >= 11 is 5.31. The van der Waals surface area contributed by atoms with Crippen LogP contribution in [0, 0.1) is 0 Å². The molecule has 10 heteroatoms. The van der Waals surface area contributed by atoms with Crippen molar-refractivity contribution in [3.05, 3.63) is 72.3 Å². The minimum absolute atomic E-state index is 0.0472. The van der Waals surface area contributed by atoms with E-state index in [4.69, 9.17) is 17.0 Å². The van der Waals surface area contributed by atoms with Gasteiger partial charge in [-0.2, -0.15) is 0 Å². The lowest BCUT2D eigenvalue weighted by atomic mass is 10.1. The first-order chi connectivity index (χ1) is 14.9. The van der Waals surface area contributed by atoms with Gasteiger partial charge >= 0.3 is 6.09 Å². The lowest BCUT2D eigenvalue weighted by Crippen LogP contribution is -2.49. The maximum atomic E-state index is 13.4. The van der Waals surface area contributed by atoms with E-state index in [0.717, 1.165) is 14.8 Å². The molecule has 4 rings (SSSR count). The van der Waals surface area contributed by atoms with Gasteiger partial charge in [-0.1, -0.05) is 60.7 Å². The summed E-state index contributed by atoms with van der Waals surface area (Å²) in [6, 6.07) is 15.1. The molecule has 2 aliphatic rings. The Morgan fingerprint density at radius 1 is 1.10 bits per heavy atom. The van der Waals surface area contributed by atoms with E-state index in [1.54, 1.807) is 30.4 Å². The number of benzene rings is 2. The number of cyclic esters (lactones) is 1. The van der Waals surface area contributed by atoms with E-state index in [0.29, 0.717) is 0 Å². The van der Waals surface area contributed by atoms with Crippen molar-refractivity contribution in [2.24, 2.45) is 0 Å². The molecule has 0 aromatic heterocycles. The third-order valence-corrected chi connectivity index (χ3v) is 7.21. The standard InChI is InChI=1S/C21H19N3O5S2/c25-19(23-13-14-29-21(23)26)18-17(12-11-15-7-3-1-4-8-15)24(20(30)22-18)31(27,28)16-9-5-2-6-10-16/h1-12,17-18H,13-14H2,(H,22,30)/b12-11+/t17-,18+/m0/s1. The molecule has 0 unspecified atom stereocenters. The zero-order valence-corrected chi connectivity index (χ0v) is 17.9. The Labute approximate surface area is 185 Å². The Morgan fingerprint density at radius 2 is 1.74 bits per heavy atom. The minimum Gasteiger partial charge on any atom is -0.447 e. The summed E-state index contributed by atoms with van der Waals surface area (Å²) in [5.41, 5.74) is 0.823. The highest BCUT2D eigenvalue weighted by atomic mass is 32.2. The second-order valence-corrected chi connectivity index (χ2v) is 9.11. The van der Waals surface area contributed by atoms with Crippen LogP contribution in [0.1, 0.15) is 5.56 Å². The molecule has 1 N–H and O–H groups in total. The van der Waals surface area contributed by atoms with Gasteiger partial charge in [0.2, 0.25) is 0 Å². The Hall–Kier alpha value is -3.24. The smallest absolute Gasteiger partial charge is 0.416 e. The van der Waals surface area contributed by atoms with Gasteiger partial charge in [-0.25, -0.2) is 22.4 Å². The highest BCUT2D eigenvalue weighted by molar-refractivity contribution is 7.91. The van der Waals surface area contributed by atoms with Gasteiger partial charge in [0.25, 0.3) is 15.9 Å². The SMILES string of the molecule is O=C1OCCN1C(=O)[C@@H]1NC(=S)N(S(=O)(=O)c2ccccc2)[C@H]1/C=C/c1ccccc1. The Morgan fingerprint density at radius 3 is 2.35 bits per heavy atom. The van der Waals surface area contributed by atoms with E-state index in [1.165, 1.54) is 12.1 Å². The van der Waals surface area contributed by atoms with E-state index >= 15 is 0 Å². The minimum atomic E-state index is -4.05. The number of carbonyl (C=O) groups is 2. The molecular formula is C21H19N3O5S2. The van der Waals surface area contributed by atoms with Crippen LogP contribution in [0.4, 0.5) is 4.79 Å². The maximum Gasteiger partial charge on any atom is 0.416 e. The van der Waals surface area contributed by atoms with Gasteiger partial charge in [-0.05, 0) is 29.9 Å². The van der Waals surface area contributed by atoms with Gasteiger partial charge in [0.1, 0.15) is 12.6 Å². The molecule has 2 saturated heterocycles. The predicted molar refractivity (Wildman–Crippen MR) is 117 cm³/mol. The first kappa shape index (κ1) is 21.0. The molecule has 0 spiro atoms. The lowest BCUT2D eigenvalue weighted by Gasteiger charge is -2.25. The molecule has 2 fully saturated rings. The first-order valence-electron chi connectivity index (χ1n) is 9.51. The lowest BCUT2D eigenvalue weighted by molar-refractivity contribution is -0.129. The van der Waals surface area contributed by atoms with Crippen LogP contribution in [0.25, 0.3) is 6.08 Å². The third-order valence-electron chi connectivity index (χ3n) is 4.97. The molecule has 8 nitrogen and oxygen atoms in total. The van der Waals surface area contributed by atoms with Gasteiger partial charge in [-0.3, -0.25) is 4.79 Å². The number of imide groups is 1. The van der Waals surface area contributed by atoms with E-state index in [-0.39, 0.29) is 23.2 Å². The van der Waals surface area contributed by atoms with Crippen LogP contribution >= 0.6 is 12.2 Å². The van der Waals surface area contributed by atoms with Crippen molar-refractivity contribution >= 4 is 45.4 Å². The van der Waals surface area contributed by atoms with Crippen LogP contribution in [0.15, 0.2) is 71.6 Å². The van der Waals surface area contributed by atoms with Gasteiger partial charge in [0.05, 0.1) is 17.5 Å². The number of amides is 2. The Kier molecular flexibility index (Phi) is 5.75. The molecule has 0 saturated carbocycles. The summed E-state index contributed by atoms with van der Waals surface area (Å²) in [6.45, 7) is 0.196. The Bertz CT molecular complexity index is 1140. The molecule has 2 amide bonds. The van der Waals surface area contributed by atoms with Crippen molar-refractivity contribution in [3.8, 4) is 0 Å². The fraction of sp³-hybridized carbons (Fsp3) is 0.190. The molecule has 2 aliphatic heterocycles. The molecule has 0 bridgehead atoms. The monoisotopic (exact) mass is 457 g/mol. The molecule has 2 aromatic carbocycles. The average molecular weight is 458 g/mol.